The second-order valence-electron chi connectivity index (χ2n) is 2.75. The highest BCUT2D eigenvalue weighted by Crippen LogP contribution is 2.14. The van der Waals surface area contributed by atoms with Crippen molar-refractivity contribution in [3.63, 3.8) is 0 Å². The molecule has 0 spiro atoms. The van der Waals surface area contributed by atoms with E-state index in [1.54, 1.807) is 6.08 Å². The van der Waals surface area contributed by atoms with Gasteiger partial charge in [0.05, 0.1) is 6.26 Å². The van der Waals surface area contributed by atoms with Crippen LogP contribution in [0.3, 0.4) is 0 Å². The number of aliphatic hydroxyl groups excluding tert-OH is 2. The minimum Gasteiger partial charge on any atom is -0.516 e. The van der Waals surface area contributed by atoms with Crippen molar-refractivity contribution in [1.29, 1.82) is 0 Å². The average molecular weight is 158 g/mol. The Balaban J connectivity index is 3.35. The molecule has 2 nitrogen and oxygen atoms in total. The molecule has 0 saturated carbocycles. The fourth-order valence-electron chi connectivity index (χ4n) is 1.14. The summed E-state index contributed by atoms with van der Waals surface area (Å²) in [5.41, 5.74) is 0. The molecule has 66 valence electrons. The quantitative estimate of drug-likeness (QED) is 0.582. The smallest absolute Gasteiger partial charge is 0.0751 e. The Labute approximate surface area is 68.6 Å². The van der Waals surface area contributed by atoms with Gasteiger partial charge in [-0.25, -0.2) is 0 Å². The van der Waals surface area contributed by atoms with Crippen molar-refractivity contribution in [1.82, 2.24) is 0 Å². The van der Waals surface area contributed by atoms with Gasteiger partial charge in [-0.1, -0.05) is 19.4 Å². The van der Waals surface area contributed by atoms with Crippen LogP contribution in [0.15, 0.2) is 12.3 Å². The van der Waals surface area contributed by atoms with E-state index in [9.17, 15) is 0 Å². The van der Waals surface area contributed by atoms with Gasteiger partial charge in [-0.15, -0.1) is 0 Å². The van der Waals surface area contributed by atoms with Crippen LogP contribution in [0.1, 0.15) is 32.6 Å². The van der Waals surface area contributed by atoms with Gasteiger partial charge in [0.2, 0.25) is 0 Å². The maximum atomic E-state index is 8.66. The Morgan fingerprint density at radius 2 is 2.09 bits per heavy atom. The summed E-state index contributed by atoms with van der Waals surface area (Å²) in [6.45, 7) is 2.41. The topological polar surface area (TPSA) is 40.5 Å². The van der Waals surface area contributed by atoms with Crippen LogP contribution < -0.4 is 0 Å². The molecule has 0 aromatic rings. The van der Waals surface area contributed by atoms with E-state index in [0.29, 0.717) is 5.92 Å². The Bertz CT molecular complexity index is 99.7. The lowest BCUT2D eigenvalue weighted by Crippen LogP contribution is -2.00. The van der Waals surface area contributed by atoms with E-state index < -0.39 is 0 Å². The van der Waals surface area contributed by atoms with Gasteiger partial charge in [0, 0.05) is 6.61 Å². The second kappa shape index (κ2) is 7.61. The molecule has 11 heavy (non-hydrogen) atoms. The summed E-state index contributed by atoms with van der Waals surface area (Å²) < 4.78 is 0. The van der Waals surface area contributed by atoms with Gasteiger partial charge in [0.25, 0.3) is 0 Å². The molecule has 2 heteroatoms. The van der Waals surface area contributed by atoms with Crippen LogP contribution in [0.4, 0.5) is 0 Å². The van der Waals surface area contributed by atoms with Crippen LogP contribution in [0.5, 0.6) is 0 Å². The predicted octanol–water partition coefficient (Wildman–Crippen LogP) is 2.25. The van der Waals surface area contributed by atoms with E-state index in [-0.39, 0.29) is 6.61 Å². The van der Waals surface area contributed by atoms with Gasteiger partial charge in [0.1, 0.15) is 0 Å². The lowest BCUT2D eigenvalue weighted by atomic mass is 9.97. The molecule has 0 saturated heterocycles. The molecule has 0 aliphatic heterocycles. The zero-order chi connectivity index (χ0) is 8.53. The first kappa shape index (κ1) is 10.5. The number of hydrogen-bond donors (Lipinski definition) is 2. The Kier molecular flexibility index (Phi) is 7.26. The third-order valence-corrected chi connectivity index (χ3v) is 1.96. The Hall–Kier alpha value is -0.500. The van der Waals surface area contributed by atoms with Crippen molar-refractivity contribution < 1.29 is 10.2 Å². The molecule has 2 N–H and O–H groups in total. The zero-order valence-corrected chi connectivity index (χ0v) is 7.16. The third-order valence-electron chi connectivity index (χ3n) is 1.96. The van der Waals surface area contributed by atoms with Crippen molar-refractivity contribution in [2.24, 2.45) is 5.92 Å². The minimum atomic E-state index is 0.279. The molecule has 0 amide bonds. The van der Waals surface area contributed by atoms with Gasteiger partial charge < -0.3 is 10.2 Å². The molecule has 0 aromatic heterocycles. The van der Waals surface area contributed by atoms with Crippen molar-refractivity contribution in [2.75, 3.05) is 6.61 Å². The fraction of sp³-hybridized carbons (Fsp3) is 0.778. The van der Waals surface area contributed by atoms with Gasteiger partial charge >= 0.3 is 0 Å². The maximum Gasteiger partial charge on any atom is 0.0751 e. The highest BCUT2D eigenvalue weighted by molar-refractivity contribution is 4.73. The lowest BCUT2D eigenvalue weighted by Gasteiger charge is -2.10. The summed E-state index contributed by atoms with van der Waals surface area (Å²) in [5, 5.41) is 17.0. The van der Waals surface area contributed by atoms with E-state index >= 15 is 0 Å². The standard InChI is InChI=1S/C9H18O2/c1-2-9(6-8-11)5-3-4-7-10/h4,7,9-11H,2-3,5-6,8H2,1H3. The van der Waals surface area contributed by atoms with Gasteiger partial charge in [-0.05, 0) is 25.2 Å². The van der Waals surface area contributed by atoms with Crippen LogP contribution in [0.2, 0.25) is 0 Å². The first-order valence-electron chi connectivity index (χ1n) is 4.25. The molecule has 0 fully saturated rings. The molecule has 0 aromatic carbocycles. The number of rotatable bonds is 6. The average Bonchev–Trinajstić information content (AvgIpc) is 2.03. The molecular weight excluding hydrogens is 140 g/mol. The molecule has 1 unspecified atom stereocenters. The SMILES string of the molecule is CCC(CCO)CCC=CO. The van der Waals surface area contributed by atoms with Crippen LogP contribution in [-0.4, -0.2) is 16.8 Å². The second-order valence-corrected chi connectivity index (χ2v) is 2.75. The summed E-state index contributed by atoms with van der Waals surface area (Å²) in [6, 6.07) is 0. The molecule has 0 rings (SSSR count). The van der Waals surface area contributed by atoms with Crippen molar-refractivity contribution in [3.05, 3.63) is 12.3 Å². The maximum absolute atomic E-state index is 8.66. The van der Waals surface area contributed by atoms with Crippen LogP contribution >= 0.6 is 0 Å². The zero-order valence-electron chi connectivity index (χ0n) is 7.16. The summed E-state index contributed by atoms with van der Waals surface area (Å²) in [7, 11) is 0. The van der Waals surface area contributed by atoms with Gasteiger partial charge in [-0.3, -0.25) is 0 Å². The van der Waals surface area contributed by atoms with E-state index in [1.165, 1.54) is 0 Å². The van der Waals surface area contributed by atoms with E-state index in [1.807, 2.05) is 0 Å². The first-order valence-corrected chi connectivity index (χ1v) is 4.25. The van der Waals surface area contributed by atoms with Crippen molar-refractivity contribution >= 4 is 0 Å². The summed E-state index contributed by atoms with van der Waals surface area (Å²) >= 11 is 0. The largest absolute Gasteiger partial charge is 0.516 e. The lowest BCUT2D eigenvalue weighted by molar-refractivity contribution is 0.249. The Morgan fingerprint density at radius 1 is 1.36 bits per heavy atom. The molecule has 0 aliphatic carbocycles. The first-order chi connectivity index (χ1) is 5.35. The van der Waals surface area contributed by atoms with Crippen LogP contribution in [0, 0.1) is 5.92 Å². The highest BCUT2D eigenvalue weighted by Gasteiger charge is 2.02. The molecule has 0 aliphatic rings. The monoisotopic (exact) mass is 158 g/mol. The number of aliphatic hydroxyl groups is 2. The van der Waals surface area contributed by atoms with Crippen LogP contribution in [-0.2, 0) is 0 Å². The number of allylic oxidation sites excluding steroid dienone is 1. The van der Waals surface area contributed by atoms with E-state index in [2.05, 4.69) is 6.92 Å². The van der Waals surface area contributed by atoms with Gasteiger partial charge in [-0.2, -0.15) is 0 Å². The fourth-order valence-corrected chi connectivity index (χ4v) is 1.14. The third kappa shape index (κ3) is 5.92. The van der Waals surface area contributed by atoms with Gasteiger partial charge in [0.15, 0.2) is 0 Å². The minimum absolute atomic E-state index is 0.279. The van der Waals surface area contributed by atoms with E-state index in [4.69, 9.17) is 10.2 Å². The summed E-state index contributed by atoms with van der Waals surface area (Å²) in [6.07, 6.45) is 6.81. The molecule has 1 atom stereocenters. The normalized spacial score (nSPS) is 14.0. The van der Waals surface area contributed by atoms with E-state index in [0.717, 1.165) is 31.9 Å². The predicted molar refractivity (Wildman–Crippen MR) is 46.5 cm³/mol. The molecule has 0 bridgehead atoms. The molecular formula is C9H18O2. The summed E-state index contributed by atoms with van der Waals surface area (Å²) in [4.78, 5) is 0. The number of hydrogen-bond acceptors (Lipinski definition) is 2. The highest BCUT2D eigenvalue weighted by atomic mass is 16.3. The molecule has 0 radical (unpaired) electrons. The van der Waals surface area contributed by atoms with Crippen LogP contribution in [0.25, 0.3) is 0 Å². The molecule has 0 heterocycles. The summed E-state index contributed by atoms with van der Waals surface area (Å²) in [5.74, 6) is 0.608. The van der Waals surface area contributed by atoms with Crippen molar-refractivity contribution in [3.8, 4) is 0 Å². The Morgan fingerprint density at radius 3 is 2.55 bits per heavy atom. The van der Waals surface area contributed by atoms with Crippen molar-refractivity contribution in [2.45, 2.75) is 32.6 Å².